The first-order valence-corrected chi connectivity index (χ1v) is 12.9. The second-order valence-electron chi connectivity index (χ2n) is 4.91. The van der Waals surface area contributed by atoms with Gasteiger partial charge in [0.15, 0.2) is 1.54 Å². The number of hydrogen-bond acceptors (Lipinski definition) is 4. The van der Waals surface area contributed by atoms with Crippen LogP contribution in [0.2, 0.25) is 0 Å². The average molecular weight is 561 g/mol. The van der Waals surface area contributed by atoms with Crippen LogP contribution >= 0.6 is 0 Å². The van der Waals surface area contributed by atoms with E-state index < -0.39 is 52.2 Å². The molecule has 0 bridgehead atoms. The van der Waals surface area contributed by atoms with Gasteiger partial charge in [-0.15, -0.1) is 0 Å². The van der Waals surface area contributed by atoms with Gasteiger partial charge in [-0.1, -0.05) is 36.4 Å². The Morgan fingerprint density at radius 3 is 1.14 bits per heavy atom. The summed E-state index contributed by atoms with van der Waals surface area (Å²) >= 11 is -4.54. The lowest BCUT2D eigenvalue weighted by molar-refractivity contribution is -1.02. The van der Waals surface area contributed by atoms with Crippen molar-refractivity contribution in [2.24, 2.45) is 0 Å². The molecule has 0 aliphatic heterocycles. The number of hydrogen-bond donors (Lipinski definition) is 0. The Morgan fingerprint density at radius 2 is 0.893 bits per heavy atom. The van der Waals surface area contributed by atoms with E-state index in [1.165, 1.54) is 36.4 Å². The van der Waals surface area contributed by atoms with E-state index in [0.29, 0.717) is 0 Å². The summed E-state index contributed by atoms with van der Waals surface area (Å²) in [7, 11) is -13.8. The largest absolute Gasteiger partial charge is 0.565 e. The number of nitrogens with zero attached hydrogens (tertiary/aromatic N) is 1. The molecule has 154 valence electrons. The fraction of sp³-hybridized carbons (Fsp3) is 0.143. The first-order valence-electron chi connectivity index (χ1n) is 6.94. The minimum Gasteiger partial charge on any atom is -0.151 e. The highest BCUT2D eigenvalue weighted by atomic mass is 127. The molecule has 0 N–H and O–H groups in total. The van der Waals surface area contributed by atoms with E-state index in [-0.39, 0.29) is 7.14 Å². The van der Waals surface area contributed by atoms with Crippen LogP contribution in [0.4, 0.5) is 26.3 Å². The topological polar surface area (TPSA) is 71.3 Å². The number of halogens is 7. The van der Waals surface area contributed by atoms with Gasteiger partial charge in [0.25, 0.3) is 0 Å². The second-order valence-corrected chi connectivity index (χ2v) is 15.0. The Morgan fingerprint density at radius 1 is 0.607 bits per heavy atom. The van der Waals surface area contributed by atoms with Crippen LogP contribution in [0.15, 0.2) is 60.7 Å². The van der Waals surface area contributed by atoms with Crippen molar-refractivity contribution in [3.8, 4) is 0 Å². The maximum Gasteiger partial charge on any atom is 0.565 e. The van der Waals surface area contributed by atoms with Crippen LogP contribution in [0.1, 0.15) is 0 Å². The predicted molar refractivity (Wildman–Crippen MR) is 80.5 cm³/mol. The lowest BCUT2D eigenvalue weighted by atomic mass is 10.4. The molecular weight excluding hydrogens is 551 g/mol. The van der Waals surface area contributed by atoms with Crippen molar-refractivity contribution in [1.29, 1.82) is 0 Å². The highest BCUT2D eigenvalue weighted by molar-refractivity contribution is 7.98. The lowest BCUT2D eigenvalue weighted by Gasteiger charge is -2.06. The van der Waals surface area contributed by atoms with Crippen molar-refractivity contribution < 1.29 is 64.4 Å². The van der Waals surface area contributed by atoms with Gasteiger partial charge < -0.3 is 0 Å². The highest BCUT2D eigenvalue weighted by Gasteiger charge is 2.73. The van der Waals surface area contributed by atoms with E-state index in [1.54, 1.807) is 0 Å². The number of rotatable bonds is 4. The van der Waals surface area contributed by atoms with Crippen LogP contribution in [-0.2, 0) is 20.0 Å². The highest BCUT2D eigenvalue weighted by Crippen LogP contribution is 2.30. The third-order valence-electron chi connectivity index (χ3n) is 2.98. The van der Waals surface area contributed by atoms with Crippen LogP contribution in [0.5, 0.6) is 0 Å². The van der Waals surface area contributed by atoms with Crippen molar-refractivity contribution in [3.05, 3.63) is 67.8 Å². The molecule has 0 spiro atoms. The molecule has 0 saturated carbocycles. The maximum absolute atomic E-state index is 13.2. The zero-order chi connectivity index (χ0) is 21.4. The maximum atomic E-state index is 13.2. The fourth-order valence-electron chi connectivity index (χ4n) is 1.83. The number of benzene rings is 2. The Hall–Kier alpha value is -1.55. The zero-order valence-corrected chi connectivity index (χ0v) is 17.1. The average Bonchev–Trinajstić information content (AvgIpc) is 2.58. The van der Waals surface area contributed by atoms with Crippen LogP contribution in [0.25, 0.3) is 0 Å². The molecule has 0 fully saturated rings. The summed E-state index contributed by atoms with van der Waals surface area (Å²) < 4.78 is 125. The molecule has 0 radical (unpaired) electrons. The molecule has 2 aromatic rings. The molecule has 2 rings (SSSR count). The van der Waals surface area contributed by atoms with E-state index in [1.807, 2.05) is 0 Å². The van der Waals surface area contributed by atoms with Crippen molar-refractivity contribution in [1.82, 2.24) is 0 Å². The standard InChI is InChI=1S/C14H10F6INO4S2/c15-13(16,17)27(23,24)22(28(25,26)14(18,19)20)21(11-7-3-1-4-8-11)12-9-5-2-6-10-12/h1-10H/q+2. The van der Waals surface area contributed by atoms with E-state index in [4.69, 9.17) is 0 Å². The van der Waals surface area contributed by atoms with Gasteiger partial charge in [-0.25, -0.2) is 0 Å². The number of alkyl halides is 6. The molecular formula is C14H10F6INO4S2+2. The minimum absolute atomic E-state index is 0.251. The van der Waals surface area contributed by atoms with Gasteiger partial charge in [0.1, 0.15) is 0 Å². The van der Waals surface area contributed by atoms with E-state index in [2.05, 4.69) is 0 Å². The Kier molecular flexibility index (Phi) is 6.25. The van der Waals surface area contributed by atoms with Gasteiger partial charge in [-0.3, -0.25) is 0 Å². The molecule has 0 unspecified atom stereocenters. The van der Waals surface area contributed by atoms with Crippen LogP contribution in [-0.4, -0.2) is 29.4 Å². The summed E-state index contributed by atoms with van der Waals surface area (Å²) in [5, 5.41) is 0. The first-order chi connectivity index (χ1) is 12.7. The Balaban J connectivity index is 3.17. The molecule has 0 amide bonds. The Labute approximate surface area is 163 Å². The van der Waals surface area contributed by atoms with Crippen molar-refractivity contribution in [3.63, 3.8) is 0 Å². The van der Waals surface area contributed by atoms with Gasteiger partial charge in [0.2, 0.25) is 7.14 Å². The molecule has 14 heteroatoms. The summed E-state index contributed by atoms with van der Waals surface area (Å²) in [6, 6.07) is 12.1. The lowest BCUT2D eigenvalue weighted by Crippen LogP contribution is -3.76. The molecule has 0 atom stereocenters. The monoisotopic (exact) mass is 561 g/mol. The summed E-state index contributed by atoms with van der Waals surface area (Å²) in [5.41, 5.74) is -12.5. The fourth-order valence-corrected chi connectivity index (χ4v) is 14.5. The molecule has 0 aromatic heterocycles. The number of sulfonamides is 2. The van der Waals surface area contributed by atoms with Crippen LogP contribution in [0, 0.1) is 7.14 Å². The summed E-state index contributed by atoms with van der Waals surface area (Å²) in [5.74, 6) is 0. The molecule has 0 heterocycles. The molecule has 0 aliphatic rings. The van der Waals surface area contributed by atoms with Gasteiger partial charge in [-0.2, -0.15) is 43.2 Å². The van der Waals surface area contributed by atoms with Gasteiger partial charge in [0.05, 0.1) is 0 Å². The van der Waals surface area contributed by atoms with Gasteiger partial charge in [0, 0.05) is 0 Å². The van der Waals surface area contributed by atoms with E-state index in [9.17, 15) is 43.2 Å². The minimum atomic E-state index is -6.88. The second kappa shape index (κ2) is 7.70. The molecule has 0 aliphatic carbocycles. The molecule has 5 nitrogen and oxygen atoms in total. The van der Waals surface area contributed by atoms with Crippen molar-refractivity contribution >= 4 is 20.0 Å². The summed E-state index contributed by atoms with van der Waals surface area (Å²) in [4.78, 5) is 0. The van der Waals surface area contributed by atoms with Crippen LogP contribution in [0.3, 0.4) is 0 Å². The van der Waals surface area contributed by atoms with Crippen molar-refractivity contribution in [2.75, 3.05) is 0 Å². The first kappa shape index (κ1) is 22.7. The third-order valence-corrected chi connectivity index (χ3v) is 15.6. The van der Waals surface area contributed by atoms with Gasteiger partial charge >= 0.3 is 50.7 Å². The third kappa shape index (κ3) is 4.22. The molecule has 28 heavy (non-hydrogen) atoms. The summed E-state index contributed by atoms with van der Waals surface area (Å²) in [6.45, 7) is 0. The normalized spacial score (nSPS) is 13.5. The summed E-state index contributed by atoms with van der Waals surface area (Å²) in [6.07, 6.45) is 0. The van der Waals surface area contributed by atoms with E-state index >= 15 is 0 Å². The van der Waals surface area contributed by atoms with E-state index in [0.717, 1.165) is 24.3 Å². The van der Waals surface area contributed by atoms with Gasteiger partial charge in [-0.05, 0) is 24.3 Å². The van der Waals surface area contributed by atoms with Crippen LogP contribution < -0.4 is 19.6 Å². The Bertz CT molecular complexity index is 1010. The van der Waals surface area contributed by atoms with Crippen molar-refractivity contribution in [2.45, 2.75) is 11.0 Å². The quantitative estimate of drug-likeness (QED) is 0.397. The molecule has 2 aromatic carbocycles. The zero-order valence-electron chi connectivity index (χ0n) is 13.3. The smallest absolute Gasteiger partial charge is 0.151 e. The SMILES string of the molecule is O=S(=O)([N+](=[I+](c1ccccc1)c1ccccc1)S(=O)(=O)C(F)(F)F)C(F)(F)F. The predicted octanol–water partition coefficient (Wildman–Crippen LogP) is 0.246. The molecule has 0 saturated heterocycles.